The van der Waals surface area contributed by atoms with Crippen LogP contribution in [0.2, 0.25) is 0 Å². The van der Waals surface area contributed by atoms with Crippen molar-refractivity contribution in [1.82, 2.24) is 4.90 Å². The number of benzene rings is 1. The van der Waals surface area contributed by atoms with Gasteiger partial charge in [-0.3, -0.25) is 4.79 Å². The average Bonchev–Trinajstić information content (AvgIpc) is 2.50. The predicted molar refractivity (Wildman–Crippen MR) is 87.4 cm³/mol. The van der Waals surface area contributed by atoms with Gasteiger partial charge in [0.1, 0.15) is 0 Å². The summed E-state index contributed by atoms with van der Waals surface area (Å²) in [4.78, 5) is 14.5. The first-order valence-corrected chi connectivity index (χ1v) is 8.30. The number of aliphatic hydroxyl groups is 1. The third-order valence-electron chi connectivity index (χ3n) is 3.75. The van der Waals surface area contributed by atoms with Crippen LogP contribution in [0, 0.1) is 11.8 Å². The molecule has 21 heavy (non-hydrogen) atoms. The molecule has 0 radical (unpaired) electrons. The summed E-state index contributed by atoms with van der Waals surface area (Å²) in [6.45, 7) is 5.18. The monoisotopic (exact) mass is 303 g/mol. The Labute approximate surface area is 130 Å². The molecule has 0 aromatic heterocycles. The van der Waals surface area contributed by atoms with E-state index in [1.165, 1.54) is 0 Å². The van der Waals surface area contributed by atoms with Crippen molar-refractivity contribution in [1.29, 1.82) is 0 Å². The number of rotatable bonds is 2. The molecule has 1 fully saturated rings. The maximum absolute atomic E-state index is 12.6. The van der Waals surface area contributed by atoms with Gasteiger partial charge in [-0.1, -0.05) is 18.8 Å². The summed E-state index contributed by atoms with van der Waals surface area (Å²) < 4.78 is 0. The van der Waals surface area contributed by atoms with Crippen LogP contribution >= 0.6 is 11.8 Å². The second-order valence-electron chi connectivity index (χ2n) is 5.17. The third-order valence-corrected chi connectivity index (χ3v) is 5.08. The van der Waals surface area contributed by atoms with Crippen LogP contribution in [0.3, 0.4) is 0 Å². The van der Waals surface area contributed by atoms with Crippen LogP contribution in [0.15, 0.2) is 24.3 Å². The van der Waals surface area contributed by atoms with Crippen molar-refractivity contribution >= 4 is 17.7 Å². The van der Waals surface area contributed by atoms with Gasteiger partial charge in [-0.15, -0.1) is 0 Å². The van der Waals surface area contributed by atoms with Crippen LogP contribution in [0.4, 0.5) is 0 Å². The van der Waals surface area contributed by atoms with Gasteiger partial charge in [0.15, 0.2) is 0 Å². The largest absolute Gasteiger partial charge is 0.395 e. The molecule has 0 saturated carbocycles. The van der Waals surface area contributed by atoms with E-state index in [2.05, 4.69) is 25.7 Å². The summed E-state index contributed by atoms with van der Waals surface area (Å²) in [6.07, 6.45) is 0.474. The molecule has 112 valence electrons. The lowest BCUT2D eigenvalue weighted by Gasteiger charge is -2.37. The highest BCUT2D eigenvalue weighted by Gasteiger charge is 2.29. The molecule has 2 unspecified atom stereocenters. The van der Waals surface area contributed by atoms with Crippen LogP contribution in [0.5, 0.6) is 0 Å². The molecule has 4 heteroatoms. The summed E-state index contributed by atoms with van der Waals surface area (Å²) >= 11 is 1.92. The third kappa shape index (κ3) is 4.03. The highest BCUT2D eigenvalue weighted by Crippen LogP contribution is 2.25. The fraction of sp³-hybridized carbons (Fsp3) is 0.471. The van der Waals surface area contributed by atoms with E-state index in [-0.39, 0.29) is 18.6 Å². The van der Waals surface area contributed by atoms with Crippen molar-refractivity contribution in [2.24, 2.45) is 0 Å². The highest BCUT2D eigenvalue weighted by atomic mass is 32.2. The van der Waals surface area contributed by atoms with Crippen molar-refractivity contribution in [3.05, 3.63) is 35.4 Å². The number of hydrogen-bond acceptors (Lipinski definition) is 3. The second kappa shape index (κ2) is 7.53. The van der Waals surface area contributed by atoms with Crippen molar-refractivity contribution in [2.75, 3.05) is 18.9 Å². The Morgan fingerprint density at radius 3 is 2.76 bits per heavy atom. The first kappa shape index (κ1) is 15.9. The minimum absolute atomic E-state index is 0.0760. The molecule has 0 spiro atoms. The van der Waals surface area contributed by atoms with Gasteiger partial charge in [0.2, 0.25) is 0 Å². The number of carbonyl (C=O) groups is 1. The molecular formula is C17H21NO2S. The van der Waals surface area contributed by atoms with Crippen LogP contribution in [-0.4, -0.2) is 46.1 Å². The Morgan fingerprint density at radius 2 is 2.10 bits per heavy atom. The highest BCUT2D eigenvalue weighted by molar-refractivity contribution is 8.00. The summed E-state index contributed by atoms with van der Waals surface area (Å²) in [6, 6.07) is 7.67. The van der Waals surface area contributed by atoms with Crippen molar-refractivity contribution in [2.45, 2.75) is 31.6 Å². The molecule has 2 rings (SSSR count). The minimum atomic E-state index is 0.0760. The Bertz CT molecular complexity index is 544. The summed E-state index contributed by atoms with van der Waals surface area (Å²) in [7, 11) is 0. The van der Waals surface area contributed by atoms with Crippen molar-refractivity contribution in [3.63, 3.8) is 0 Å². The molecule has 1 N–H and O–H groups in total. The van der Waals surface area contributed by atoms with Gasteiger partial charge >= 0.3 is 0 Å². The normalized spacial score (nSPS) is 21.6. The van der Waals surface area contributed by atoms with Gasteiger partial charge < -0.3 is 10.0 Å². The molecule has 1 saturated heterocycles. The van der Waals surface area contributed by atoms with Crippen molar-refractivity contribution < 1.29 is 9.90 Å². The van der Waals surface area contributed by atoms with Gasteiger partial charge in [0.05, 0.1) is 6.61 Å². The van der Waals surface area contributed by atoms with Gasteiger partial charge in [-0.05, 0) is 31.2 Å². The zero-order chi connectivity index (χ0) is 15.2. The van der Waals surface area contributed by atoms with Crippen LogP contribution < -0.4 is 0 Å². The molecule has 1 aromatic rings. The summed E-state index contributed by atoms with van der Waals surface area (Å²) in [5.41, 5.74) is 1.59. The Kier molecular flexibility index (Phi) is 5.72. The van der Waals surface area contributed by atoms with E-state index < -0.39 is 0 Å². The molecule has 0 aliphatic carbocycles. The Balaban J connectivity index is 2.08. The quantitative estimate of drug-likeness (QED) is 0.853. The number of thioether (sulfide) groups is 1. The smallest absolute Gasteiger partial charge is 0.254 e. The molecular weight excluding hydrogens is 282 g/mol. The van der Waals surface area contributed by atoms with Crippen molar-refractivity contribution in [3.8, 4) is 11.8 Å². The maximum atomic E-state index is 12.6. The predicted octanol–water partition coefficient (Wildman–Crippen LogP) is 2.39. The van der Waals surface area contributed by atoms with Gasteiger partial charge in [0, 0.05) is 41.1 Å². The zero-order valence-electron chi connectivity index (χ0n) is 12.5. The minimum Gasteiger partial charge on any atom is -0.395 e. The van der Waals surface area contributed by atoms with Crippen LogP contribution in [0.25, 0.3) is 0 Å². The Hall–Kier alpha value is -1.44. The number of nitrogens with zero attached hydrogens (tertiary/aromatic N) is 1. The lowest BCUT2D eigenvalue weighted by Crippen LogP contribution is -2.47. The summed E-state index contributed by atoms with van der Waals surface area (Å²) in [5, 5.41) is 9.18. The molecule has 1 amide bonds. The van der Waals surface area contributed by atoms with E-state index in [0.717, 1.165) is 17.9 Å². The van der Waals surface area contributed by atoms with E-state index in [0.29, 0.717) is 17.2 Å². The van der Waals surface area contributed by atoms with Gasteiger partial charge in [-0.2, -0.15) is 11.8 Å². The van der Waals surface area contributed by atoms with Crippen LogP contribution in [0.1, 0.15) is 36.2 Å². The van der Waals surface area contributed by atoms with E-state index in [9.17, 15) is 4.79 Å². The van der Waals surface area contributed by atoms with Gasteiger partial charge in [-0.25, -0.2) is 0 Å². The fourth-order valence-electron chi connectivity index (χ4n) is 2.30. The standard InChI is InChI=1S/C17H21NO2S/c1-13-14(2)21-12-10-18(13)17(20)16-8-6-15(7-9-16)5-3-4-11-19/h6-9,13-14,19H,4,10-12H2,1-2H3. The fourth-order valence-corrected chi connectivity index (χ4v) is 3.40. The van der Waals surface area contributed by atoms with Crippen LogP contribution in [-0.2, 0) is 0 Å². The first-order valence-electron chi connectivity index (χ1n) is 7.26. The second-order valence-corrected chi connectivity index (χ2v) is 6.65. The summed E-state index contributed by atoms with van der Waals surface area (Å²) in [5.74, 6) is 6.95. The number of aliphatic hydroxyl groups excluding tert-OH is 1. The number of hydrogen-bond donors (Lipinski definition) is 1. The lowest BCUT2D eigenvalue weighted by molar-refractivity contribution is 0.0698. The van der Waals surface area contributed by atoms with E-state index in [1.54, 1.807) is 0 Å². The SMILES string of the molecule is CC1SCCN(C(=O)c2ccc(C#CCCO)cc2)C1C. The van der Waals surface area contributed by atoms with Gasteiger partial charge in [0.25, 0.3) is 5.91 Å². The molecule has 1 heterocycles. The molecule has 1 aliphatic heterocycles. The number of carbonyl (C=O) groups excluding carboxylic acids is 1. The molecule has 1 aliphatic rings. The first-order chi connectivity index (χ1) is 10.1. The average molecular weight is 303 g/mol. The van der Waals surface area contributed by atoms with E-state index >= 15 is 0 Å². The molecule has 0 bridgehead atoms. The number of amides is 1. The lowest BCUT2D eigenvalue weighted by atomic mass is 10.1. The Morgan fingerprint density at radius 1 is 1.38 bits per heavy atom. The zero-order valence-corrected chi connectivity index (χ0v) is 13.3. The molecule has 1 aromatic carbocycles. The van der Waals surface area contributed by atoms with E-state index in [4.69, 9.17) is 5.11 Å². The topological polar surface area (TPSA) is 40.5 Å². The molecule has 2 atom stereocenters. The van der Waals surface area contributed by atoms with E-state index in [1.807, 2.05) is 40.9 Å². The maximum Gasteiger partial charge on any atom is 0.254 e. The molecule has 3 nitrogen and oxygen atoms in total.